The Morgan fingerprint density at radius 1 is 1.65 bits per heavy atom. The average molecular weight is 255 g/mol. The number of aromatic nitrogens is 1. The second kappa shape index (κ2) is 5.62. The van der Waals surface area contributed by atoms with Crippen LogP contribution in [0.3, 0.4) is 0 Å². The Morgan fingerprint density at radius 2 is 2.53 bits per heavy atom. The molecule has 1 aliphatic heterocycles. The molecular formula is C10H13N3O3S. The van der Waals surface area contributed by atoms with Gasteiger partial charge in [-0.15, -0.1) is 11.3 Å². The van der Waals surface area contributed by atoms with Crippen molar-refractivity contribution < 1.29 is 14.3 Å². The van der Waals surface area contributed by atoms with E-state index in [9.17, 15) is 9.59 Å². The maximum absolute atomic E-state index is 11.5. The number of cyclic esters (lactones) is 1. The SMILES string of the molecule is O=C(CCCN1CCOC1=O)Nc1nccs1. The lowest BCUT2D eigenvalue weighted by molar-refractivity contribution is -0.116. The average Bonchev–Trinajstić information content (AvgIpc) is 2.91. The molecule has 1 aromatic rings. The third-order valence-electron chi connectivity index (χ3n) is 2.36. The maximum Gasteiger partial charge on any atom is 0.409 e. The fraction of sp³-hybridized carbons (Fsp3) is 0.500. The first kappa shape index (κ1) is 11.8. The van der Waals surface area contributed by atoms with Crippen molar-refractivity contribution in [3.8, 4) is 0 Å². The Bertz CT molecular complexity index is 394. The largest absolute Gasteiger partial charge is 0.448 e. The summed E-state index contributed by atoms with van der Waals surface area (Å²) < 4.78 is 4.79. The van der Waals surface area contributed by atoms with Gasteiger partial charge in [0.05, 0.1) is 6.54 Å². The molecule has 17 heavy (non-hydrogen) atoms. The van der Waals surface area contributed by atoms with E-state index in [-0.39, 0.29) is 12.0 Å². The Kier molecular flexibility index (Phi) is 3.92. The third-order valence-corrected chi connectivity index (χ3v) is 3.04. The lowest BCUT2D eigenvalue weighted by atomic mass is 10.3. The van der Waals surface area contributed by atoms with E-state index < -0.39 is 0 Å². The molecule has 2 amide bonds. The quantitative estimate of drug-likeness (QED) is 0.861. The number of carbonyl (C=O) groups is 2. The van der Waals surface area contributed by atoms with Gasteiger partial charge in [-0.25, -0.2) is 9.78 Å². The van der Waals surface area contributed by atoms with E-state index in [4.69, 9.17) is 4.74 Å². The van der Waals surface area contributed by atoms with Crippen LogP contribution in [0.25, 0.3) is 0 Å². The summed E-state index contributed by atoms with van der Waals surface area (Å²) in [5, 5.41) is 5.10. The number of ether oxygens (including phenoxy) is 1. The standard InChI is InChI=1S/C10H13N3O3S/c14-8(12-9-11-3-7-17-9)2-1-4-13-5-6-16-10(13)15/h3,7H,1-2,4-6H2,(H,11,12,14). The Hall–Kier alpha value is -1.63. The molecule has 92 valence electrons. The van der Waals surface area contributed by atoms with E-state index in [2.05, 4.69) is 10.3 Å². The predicted octanol–water partition coefficient (Wildman–Crippen LogP) is 1.31. The fourth-order valence-corrected chi connectivity index (χ4v) is 2.07. The van der Waals surface area contributed by atoms with Gasteiger partial charge < -0.3 is 15.0 Å². The van der Waals surface area contributed by atoms with Crippen LogP contribution in [0.2, 0.25) is 0 Å². The monoisotopic (exact) mass is 255 g/mol. The van der Waals surface area contributed by atoms with Crippen molar-refractivity contribution in [2.45, 2.75) is 12.8 Å². The normalized spacial score (nSPS) is 14.8. The van der Waals surface area contributed by atoms with Crippen molar-refractivity contribution in [2.24, 2.45) is 0 Å². The van der Waals surface area contributed by atoms with Crippen LogP contribution < -0.4 is 5.32 Å². The smallest absolute Gasteiger partial charge is 0.409 e. The molecule has 0 aliphatic carbocycles. The summed E-state index contributed by atoms with van der Waals surface area (Å²) in [7, 11) is 0. The van der Waals surface area contributed by atoms with Crippen molar-refractivity contribution in [1.29, 1.82) is 0 Å². The predicted molar refractivity (Wildman–Crippen MR) is 62.9 cm³/mol. The van der Waals surface area contributed by atoms with Gasteiger partial charge in [0.25, 0.3) is 0 Å². The molecule has 2 rings (SSSR count). The molecule has 6 nitrogen and oxygen atoms in total. The van der Waals surface area contributed by atoms with Gasteiger partial charge in [-0.05, 0) is 6.42 Å². The topological polar surface area (TPSA) is 71.5 Å². The highest BCUT2D eigenvalue weighted by molar-refractivity contribution is 7.13. The zero-order chi connectivity index (χ0) is 12.1. The lowest BCUT2D eigenvalue weighted by Gasteiger charge is -2.11. The van der Waals surface area contributed by atoms with Crippen LogP contribution in [-0.2, 0) is 9.53 Å². The number of hydrogen-bond acceptors (Lipinski definition) is 5. The number of thiazole rings is 1. The van der Waals surface area contributed by atoms with Gasteiger partial charge in [-0.3, -0.25) is 4.79 Å². The van der Waals surface area contributed by atoms with Crippen LogP contribution in [0, 0.1) is 0 Å². The fourth-order valence-electron chi connectivity index (χ4n) is 1.53. The molecular weight excluding hydrogens is 242 g/mol. The molecule has 0 radical (unpaired) electrons. The van der Waals surface area contributed by atoms with Gasteiger partial charge in [0.1, 0.15) is 6.61 Å². The summed E-state index contributed by atoms with van der Waals surface area (Å²) in [4.78, 5) is 28.2. The van der Waals surface area contributed by atoms with Crippen molar-refractivity contribution in [1.82, 2.24) is 9.88 Å². The summed E-state index contributed by atoms with van der Waals surface area (Å²) in [5.74, 6) is -0.0764. The molecule has 0 spiro atoms. The molecule has 2 heterocycles. The number of nitrogens with zero attached hydrogens (tertiary/aromatic N) is 2. The molecule has 1 aromatic heterocycles. The van der Waals surface area contributed by atoms with Gasteiger partial charge in [-0.2, -0.15) is 0 Å². The van der Waals surface area contributed by atoms with E-state index in [0.717, 1.165) is 0 Å². The van der Waals surface area contributed by atoms with E-state index in [1.165, 1.54) is 11.3 Å². The summed E-state index contributed by atoms with van der Waals surface area (Å²) >= 11 is 1.38. The van der Waals surface area contributed by atoms with Crippen molar-refractivity contribution in [3.63, 3.8) is 0 Å². The van der Waals surface area contributed by atoms with Crippen molar-refractivity contribution in [2.75, 3.05) is 25.0 Å². The minimum atomic E-state index is -0.287. The molecule has 1 fully saturated rings. The minimum absolute atomic E-state index is 0.0764. The molecule has 1 saturated heterocycles. The molecule has 0 saturated carbocycles. The van der Waals surface area contributed by atoms with Gasteiger partial charge in [0.15, 0.2) is 5.13 Å². The first-order valence-corrected chi connectivity index (χ1v) is 6.25. The van der Waals surface area contributed by atoms with Crippen LogP contribution in [-0.4, -0.2) is 41.6 Å². The number of hydrogen-bond donors (Lipinski definition) is 1. The van der Waals surface area contributed by atoms with E-state index in [1.54, 1.807) is 16.5 Å². The molecule has 0 aromatic carbocycles. The number of carbonyl (C=O) groups excluding carboxylic acids is 2. The second-order valence-corrected chi connectivity index (χ2v) is 4.48. The summed E-state index contributed by atoms with van der Waals surface area (Å²) in [5.41, 5.74) is 0. The first-order chi connectivity index (χ1) is 8.25. The highest BCUT2D eigenvalue weighted by Crippen LogP contribution is 2.11. The minimum Gasteiger partial charge on any atom is -0.448 e. The molecule has 0 atom stereocenters. The summed E-state index contributed by atoms with van der Waals surface area (Å²) in [6.45, 7) is 1.63. The van der Waals surface area contributed by atoms with Gasteiger partial charge in [-0.1, -0.05) is 0 Å². The van der Waals surface area contributed by atoms with Crippen LogP contribution in [0.15, 0.2) is 11.6 Å². The molecule has 0 bridgehead atoms. The van der Waals surface area contributed by atoms with Gasteiger partial charge in [0.2, 0.25) is 5.91 Å². The van der Waals surface area contributed by atoms with Crippen molar-refractivity contribution >= 4 is 28.5 Å². The number of rotatable bonds is 5. The highest BCUT2D eigenvalue weighted by atomic mass is 32.1. The number of nitrogens with one attached hydrogen (secondary N) is 1. The van der Waals surface area contributed by atoms with E-state index in [1.807, 2.05) is 0 Å². The lowest BCUT2D eigenvalue weighted by Crippen LogP contribution is -2.26. The molecule has 1 aliphatic rings. The molecule has 0 unspecified atom stereocenters. The Balaban J connectivity index is 1.65. The molecule has 7 heteroatoms. The second-order valence-electron chi connectivity index (χ2n) is 3.59. The summed E-state index contributed by atoms with van der Waals surface area (Å²) in [6.07, 6.45) is 2.36. The Labute approximate surface area is 103 Å². The van der Waals surface area contributed by atoms with E-state index >= 15 is 0 Å². The van der Waals surface area contributed by atoms with E-state index in [0.29, 0.717) is 37.7 Å². The van der Waals surface area contributed by atoms with Crippen LogP contribution in [0.5, 0.6) is 0 Å². The van der Waals surface area contributed by atoms with Crippen LogP contribution >= 0.6 is 11.3 Å². The number of anilines is 1. The zero-order valence-electron chi connectivity index (χ0n) is 9.22. The van der Waals surface area contributed by atoms with Crippen LogP contribution in [0.1, 0.15) is 12.8 Å². The van der Waals surface area contributed by atoms with Gasteiger partial charge >= 0.3 is 6.09 Å². The zero-order valence-corrected chi connectivity index (χ0v) is 10.0. The van der Waals surface area contributed by atoms with Crippen molar-refractivity contribution in [3.05, 3.63) is 11.6 Å². The van der Waals surface area contributed by atoms with Gasteiger partial charge in [0, 0.05) is 24.5 Å². The summed E-state index contributed by atoms with van der Waals surface area (Å²) in [6, 6.07) is 0. The first-order valence-electron chi connectivity index (χ1n) is 5.37. The Morgan fingerprint density at radius 3 is 3.18 bits per heavy atom. The third kappa shape index (κ3) is 3.42. The maximum atomic E-state index is 11.5. The highest BCUT2D eigenvalue weighted by Gasteiger charge is 2.21. The van der Waals surface area contributed by atoms with Crippen LogP contribution in [0.4, 0.5) is 9.93 Å². The number of amides is 2. The molecule has 1 N–H and O–H groups in total.